The van der Waals surface area contributed by atoms with Gasteiger partial charge in [-0.1, -0.05) is 12.8 Å². The molecule has 1 amide bonds. The first-order chi connectivity index (χ1) is 10.3. The molecule has 0 aromatic heterocycles. The van der Waals surface area contributed by atoms with Gasteiger partial charge in [0, 0.05) is 32.8 Å². The van der Waals surface area contributed by atoms with E-state index in [1.807, 2.05) is 0 Å². The van der Waals surface area contributed by atoms with Gasteiger partial charge in [-0.2, -0.15) is 0 Å². The number of piperidine rings is 2. The van der Waals surface area contributed by atoms with Gasteiger partial charge in [0.1, 0.15) is 0 Å². The van der Waals surface area contributed by atoms with Crippen molar-refractivity contribution in [3.05, 3.63) is 0 Å². The molecule has 3 aliphatic rings. The van der Waals surface area contributed by atoms with Gasteiger partial charge in [0.25, 0.3) is 0 Å². The highest BCUT2D eigenvalue weighted by molar-refractivity contribution is 5.78. The second kappa shape index (κ2) is 7.10. The zero-order valence-corrected chi connectivity index (χ0v) is 13.4. The lowest BCUT2D eigenvalue weighted by Crippen LogP contribution is -2.53. The molecule has 4 nitrogen and oxygen atoms in total. The number of carbonyl (C=O) groups is 1. The van der Waals surface area contributed by atoms with Crippen LogP contribution in [-0.2, 0) is 9.53 Å². The van der Waals surface area contributed by atoms with Crippen molar-refractivity contribution in [2.75, 3.05) is 33.3 Å². The Morgan fingerprint density at radius 3 is 2.48 bits per heavy atom. The van der Waals surface area contributed by atoms with Gasteiger partial charge in [0.05, 0.1) is 12.6 Å². The monoisotopic (exact) mass is 294 g/mol. The number of hydrogen-bond acceptors (Lipinski definition) is 3. The Bertz CT molecular complexity index is 351. The van der Waals surface area contributed by atoms with Crippen molar-refractivity contribution >= 4 is 5.91 Å². The van der Waals surface area contributed by atoms with Crippen LogP contribution in [0.25, 0.3) is 0 Å². The molecule has 2 atom stereocenters. The molecule has 2 heterocycles. The van der Waals surface area contributed by atoms with Crippen molar-refractivity contribution in [2.24, 2.45) is 5.92 Å². The first-order valence-corrected chi connectivity index (χ1v) is 8.82. The van der Waals surface area contributed by atoms with Crippen LogP contribution in [0.1, 0.15) is 51.4 Å². The topological polar surface area (TPSA) is 32.8 Å². The van der Waals surface area contributed by atoms with E-state index in [4.69, 9.17) is 4.74 Å². The summed E-state index contributed by atoms with van der Waals surface area (Å²) >= 11 is 0. The molecule has 0 bridgehead atoms. The van der Waals surface area contributed by atoms with E-state index in [1.54, 1.807) is 7.11 Å². The van der Waals surface area contributed by atoms with Gasteiger partial charge in [-0.3, -0.25) is 9.69 Å². The minimum absolute atomic E-state index is 0.377. The van der Waals surface area contributed by atoms with Crippen LogP contribution in [0.5, 0.6) is 0 Å². The minimum atomic E-state index is 0.377. The van der Waals surface area contributed by atoms with Crippen LogP contribution in [-0.4, -0.2) is 61.1 Å². The molecule has 3 rings (SSSR count). The van der Waals surface area contributed by atoms with E-state index < -0.39 is 0 Å². The predicted molar refractivity (Wildman–Crippen MR) is 83.2 cm³/mol. The second-order valence-corrected chi connectivity index (χ2v) is 7.05. The van der Waals surface area contributed by atoms with E-state index in [0.29, 0.717) is 24.6 Å². The van der Waals surface area contributed by atoms with Crippen LogP contribution < -0.4 is 0 Å². The molecular formula is C17H30N2O2. The molecule has 2 saturated heterocycles. The summed E-state index contributed by atoms with van der Waals surface area (Å²) in [5.41, 5.74) is 0. The van der Waals surface area contributed by atoms with Gasteiger partial charge in [-0.25, -0.2) is 0 Å². The normalized spacial score (nSPS) is 32.0. The fourth-order valence-electron chi connectivity index (χ4n) is 4.52. The Kier molecular flexibility index (Phi) is 5.17. The fraction of sp³-hybridized carbons (Fsp3) is 0.941. The fourth-order valence-corrected chi connectivity index (χ4v) is 4.52. The van der Waals surface area contributed by atoms with Gasteiger partial charge in [0.2, 0.25) is 5.91 Å². The molecule has 1 aliphatic carbocycles. The Balaban J connectivity index is 1.52. The summed E-state index contributed by atoms with van der Waals surface area (Å²) in [5.74, 6) is 1.16. The van der Waals surface area contributed by atoms with Crippen LogP contribution in [0.4, 0.5) is 0 Å². The molecule has 120 valence electrons. The highest BCUT2D eigenvalue weighted by Crippen LogP contribution is 2.35. The van der Waals surface area contributed by atoms with Crippen LogP contribution in [0.15, 0.2) is 0 Å². The highest BCUT2D eigenvalue weighted by Gasteiger charge is 2.36. The number of fused-ring (bicyclic) bond motifs is 1. The predicted octanol–water partition coefficient (Wildman–Crippen LogP) is 2.28. The quantitative estimate of drug-likeness (QED) is 0.800. The van der Waals surface area contributed by atoms with Crippen LogP contribution in [0, 0.1) is 5.92 Å². The van der Waals surface area contributed by atoms with Crippen molar-refractivity contribution in [3.63, 3.8) is 0 Å². The van der Waals surface area contributed by atoms with Gasteiger partial charge >= 0.3 is 0 Å². The summed E-state index contributed by atoms with van der Waals surface area (Å²) in [4.78, 5) is 17.3. The zero-order valence-electron chi connectivity index (χ0n) is 13.4. The molecule has 4 heteroatoms. The average molecular weight is 294 g/mol. The highest BCUT2D eigenvalue weighted by atomic mass is 16.5. The third-order valence-electron chi connectivity index (χ3n) is 5.79. The Morgan fingerprint density at radius 1 is 1.00 bits per heavy atom. The molecule has 0 radical (unpaired) electrons. The van der Waals surface area contributed by atoms with Crippen LogP contribution in [0.2, 0.25) is 0 Å². The van der Waals surface area contributed by atoms with Crippen LogP contribution in [0.3, 0.4) is 0 Å². The molecule has 0 spiro atoms. The molecule has 0 unspecified atom stereocenters. The van der Waals surface area contributed by atoms with E-state index in [9.17, 15) is 4.79 Å². The molecule has 0 aromatic rings. The van der Waals surface area contributed by atoms with Gasteiger partial charge in [0.15, 0.2) is 0 Å². The van der Waals surface area contributed by atoms with Gasteiger partial charge in [-0.15, -0.1) is 0 Å². The number of amides is 1. The summed E-state index contributed by atoms with van der Waals surface area (Å²) in [6, 6.07) is 0.552. The lowest BCUT2D eigenvalue weighted by molar-refractivity contribution is -0.139. The van der Waals surface area contributed by atoms with Crippen LogP contribution >= 0.6 is 0 Å². The number of carbonyl (C=O) groups excluding carboxylic acids is 1. The Morgan fingerprint density at radius 2 is 1.71 bits per heavy atom. The smallest absolute Gasteiger partial charge is 0.237 e. The van der Waals surface area contributed by atoms with E-state index in [2.05, 4.69) is 9.80 Å². The maximum atomic E-state index is 12.7. The average Bonchev–Trinajstić information content (AvgIpc) is 2.55. The molecule has 1 saturated carbocycles. The number of ether oxygens (including phenoxy) is 1. The summed E-state index contributed by atoms with van der Waals surface area (Å²) in [5, 5.41) is 0. The van der Waals surface area contributed by atoms with Crippen molar-refractivity contribution in [1.82, 2.24) is 9.80 Å². The lowest BCUT2D eigenvalue weighted by atomic mass is 9.78. The maximum absolute atomic E-state index is 12.7. The largest absolute Gasteiger partial charge is 0.381 e. The molecule has 3 fully saturated rings. The number of rotatable bonds is 3. The molecular weight excluding hydrogens is 264 g/mol. The first-order valence-electron chi connectivity index (χ1n) is 8.82. The molecule has 2 aliphatic heterocycles. The Labute approximate surface area is 128 Å². The summed E-state index contributed by atoms with van der Waals surface area (Å²) in [7, 11) is 1.79. The van der Waals surface area contributed by atoms with E-state index in [1.165, 1.54) is 38.5 Å². The number of methoxy groups -OCH3 is 1. The lowest BCUT2D eigenvalue weighted by Gasteiger charge is -2.45. The zero-order chi connectivity index (χ0) is 14.7. The van der Waals surface area contributed by atoms with Gasteiger partial charge in [-0.05, 0) is 44.4 Å². The van der Waals surface area contributed by atoms with Crippen molar-refractivity contribution in [2.45, 2.75) is 63.5 Å². The van der Waals surface area contributed by atoms with E-state index >= 15 is 0 Å². The summed E-state index contributed by atoms with van der Waals surface area (Å²) in [6.45, 7) is 3.63. The first kappa shape index (κ1) is 15.3. The number of likely N-dealkylation sites (tertiary alicyclic amines) is 2. The minimum Gasteiger partial charge on any atom is -0.381 e. The number of hydrogen-bond donors (Lipinski definition) is 0. The van der Waals surface area contributed by atoms with Crippen molar-refractivity contribution in [3.8, 4) is 0 Å². The van der Waals surface area contributed by atoms with Gasteiger partial charge < -0.3 is 9.64 Å². The summed E-state index contributed by atoms with van der Waals surface area (Å²) < 4.78 is 5.41. The van der Waals surface area contributed by atoms with Crippen molar-refractivity contribution in [1.29, 1.82) is 0 Å². The Hall–Kier alpha value is -0.610. The third kappa shape index (κ3) is 3.59. The molecule has 0 N–H and O–H groups in total. The number of nitrogens with zero attached hydrogens (tertiary/aromatic N) is 2. The standard InChI is InChI=1S/C17H30N2O2/c1-21-15-8-11-18(12-9-15)13-17(20)19-10-4-6-14-5-2-3-7-16(14)19/h14-16H,2-13H2,1H3/t14-,16-/m1/s1. The maximum Gasteiger partial charge on any atom is 0.237 e. The van der Waals surface area contributed by atoms with E-state index in [-0.39, 0.29) is 0 Å². The molecule has 21 heavy (non-hydrogen) atoms. The van der Waals surface area contributed by atoms with E-state index in [0.717, 1.165) is 38.4 Å². The summed E-state index contributed by atoms with van der Waals surface area (Å²) in [6.07, 6.45) is 10.3. The SMILES string of the molecule is COC1CCN(CC(=O)N2CCC[C@H]3CCCC[C@H]32)CC1. The second-order valence-electron chi connectivity index (χ2n) is 7.05. The third-order valence-corrected chi connectivity index (χ3v) is 5.79. The van der Waals surface area contributed by atoms with Crippen molar-refractivity contribution < 1.29 is 9.53 Å². The molecule has 0 aromatic carbocycles.